The summed E-state index contributed by atoms with van der Waals surface area (Å²) < 4.78 is 52.6. The summed E-state index contributed by atoms with van der Waals surface area (Å²) in [4.78, 5) is 14.6. The van der Waals surface area contributed by atoms with Gasteiger partial charge >= 0.3 is 5.91 Å². The highest BCUT2D eigenvalue weighted by atomic mass is 35.5. The minimum Gasteiger partial charge on any atom is -1.00 e. The standard InChI is InChI=1S/C31H35N2O7S.ClH/c1-20-8-11-23(12-9-20)41(35,36)33-15-6-7-25(33)31(34)32-16-14-21-17-28(39-4)29(40-5)19-24(21)30(32)22-10-13-26(37-2)27(18-22)38-3;/h8-13,17-19,25H,6-7,14-16H2,1-5H3;1H/q+1;/p-1/t25-;/m0./s1. The summed E-state index contributed by atoms with van der Waals surface area (Å²) in [6, 6.07) is 15.2. The maximum absolute atomic E-state index is 14.4. The second-order valence-electron chi connectivity index (χ2n) is 10.1. The van der Waals surface area contributed by atoms with Gasteiger partial charge in [-0.15, -0.1) is 0 Å². The van der Waals surface area contributed by atoms with Crippen molar-refractivity contribution in [2.45, 2.75) is 37.1 Å². The van der Waals surface area contributed by atoms with Crippen molar-refractivity contribution >= 4 is 21.6 Å². The van der Waals surface area contributed by atoms with Gasteiger partial charge in [0.25, 0.3) is 0 Å². The van der Waals surface area contributed by atoms with Gasteiger partial charge < -0.3 is 31.4 Å². The number of fused-ring (bicyclic) bond motifs is 1. The zero-order valence-electron chi connectivity index (χ0n) is 24.3. The summed E-state index contributed by atoms with van der Waals surface area (Å²) >= 11 is 0. The molecule has 224 valence electrons. The Balaban J connectivity index is 0.00000405. The quantitative estimate of drug-likeness (QED) is 0.347. The minimum absolute atomic E-state index is 0. The number of nitrogens with zero attached hydrogens (tertiary/aromatic N) is 2. The van der Waals surface area contributed by atoms with Gasteiger partial charge in [-0.25, -0.2) is 13.2 Å². The first-order chi connectivity index (χ1) is 19.7. The van der Waals surface area contributed by atoms with Crippen molar-refractivity contribution in [3.8, 4) is 23.0 Å². The second-order valence-corrected chi connectivity index (χ2v) is 12.0. The van der Waals surface area contributed by atoms with Crippen LogP contribution < -0.4 is 31.4 Å². The maximum atomic E-state index is 14.4. The van der Waals surface area contributed by atoms with Gasteiger partial charge in [-0.05, 0) is 67.8 Å². The number of benzene rings is 3. The van der Waals surface area contributed by atoms with E-state index in [1.165, 1.54) is 4.31 Å². The molecule has 0 aliphatic carbocycles. The molecule has 11 heteroatoms. The Morgan fingerprint density at radius 3 is 2.12 bits per heavy atom. The van der Waals surface area contributed by atoms with Gasteiger partial charge in [0.2, 0.25) is 15.7 Å². The predicted octanol–water partition coefficient (Wildman–Crippen LogP) is 0.819. The Morgan fingerprint density at radius 2 is 1.48 bits per heavy atom. The molecule has 1 fully saturated rings. The van der Waals surface area contributed by atoms with Crippen molar-refractivity contribution in [2.24, 2.45) is 0 Å². The Bertz CT molecular complexity index is 1620. The SMILES string of the molecule is COc1ccc(C2=[N+](C(=O)[C@@H]3CCCN3S(=O)(=O)c3ccc(C)cc3)CCc3cc(OC)c(OC)cc32)cc1OC.[Cl-]. The van der Waals surface area contributed by atoms with Crippen molar-refractivity contribution in [1.82, 2.24) is 4.31 Å². The summed E-state index contributed by atoms with van der Waals surface area (Å²) in [5.74, 6) is 1.95. The maximum Gasteiger partial charge on any atom is 0.405 e. The van der Waals surface area contributed by atoms with Gasteiger partial charge in [0.15, 0.2) is 35.6 Å². The molecule has 42 heavy (non-hydrogen) atoms. The van der Waals surface area contributed by atoms with Crippen LogP contribution in [0.5, 0.6) is 23.0 Å². The highest BCUT2D eigenvalue weighted by molar-refractivity contribution is 7.89. The fourth-order valence-electron chi connectivity index (χ4n) is 5.65. The third-order valence-corrected chi connectivity index (χ3v) is 9.70. The first-order valence-corrected chi connectivity index (χ1v) is 14.9. The van der Waals surface area contributed by atoms with Crippen molar-refractivity contribution in [2.75, 3.05) is 41.5 Å². The lowest BCUT2D eigenvalue weighted by Crippen LogP contribution is -3.00. The van der Waals surface area contributed by atoms with Crippen LogP contribution in [0.2, 0.25) is 0 Å². The average molecular weight is 615 g/mol. The van der Waals surface area contributed by atoms with Crippen LogP contribution in [0.25, 0.3) is 0 Å². The van der Waals surface area contributed by atoms with Crippen molar-refractivity contribution < 1.29 is 49.1 Å². The lowest BCUT2D eigenvalue weighted by atomic mass is 9.91. The Labute approximate surface area is 253 Å². The number of aryl methyl sites for hydroxylation is 1. The summed E-state index contributed by atoms with van der Waals surface area (Å²) in [5, 5.41) is 0. The van der Waals surface area contributed by atoms with Crippen molar-refractivity contribution in [3.05, 3.63) is 76.9 Å². The highest BCUT2D eigenvalue weighted by Gasteiger charge is 2.46. The van der Waals surface area contributed by atoms with Crippen molar-refractivity contribution in [1.29, 1.82) is 0 Å². The lowest BCUT2D eigenvalue weighted by Gasteiger charge is -2.24. The number of carbonyl (C=O) groups is 1. The van der Waals surface area contributed by atoms with E-state index in [9.17, 15) is 13.2 Å². The van der Waals surface area contributed by atoms with Crippen LogP contribution in [-0.4, -0.2) is 76.5 Å². The number of hydrogen-bond donors (Lipinski definition) is 0. The van der Waals surface area contributed by atoms with E-state index >= 15 is 0 Å². The molecule has 1 atom stereocenters. The number of carbonyl (C=O) groups excluding carboxylic acids is 1. The molecular weight excluding hydrogens is 580 g/mol. The van der Waals surface area contributed by atoms with E-state index in [4.69, 9.17) is 18.9 Å². The zero-order valence-corrected chi connectivity index (χ0v) is 25.9. The van der Waals surface area contributed by atoms with Gasteiger partial charge in [0, 0.05) is 13.0 Å². The molecule has 9 nitrogen and oxygen atoms in total. The molecule has 0 bridgehead atoms. The number of methoxy groups -OCH3 is 4. The summed E-state index contributed by atoms with van der Waals surface area (Å²) in [7, 11) is 2.42. The molecule has 2 aliphatic heterocycles. The summed E-state index contributed by atoms with van der Waals surface area (Å²) in [6.07, 6.45) is 1.61. The molecule has 5 rings (SSSR count). The average Bonchev–Trinajstić information content (AvgIpc) is 3.50. The van der Waals surface area contributed by atoms with E-state index in [0.717, 1.165) is 22.3 Å². The van der Waals surface area contributed by atoms with Crippen LogP contribution in [-0.2, 0) is 21.2 Å². The van der Waals surface area contributed by atoms with Gasteiger partial charge in [0.05, 0.1) is 44.5 Å². The molecule has 0 aromatic heterocycles. The Morgan fingerprint density at radius 1 is 0.857 bits per heavy atom. The van der Waals surface area contributed by atoms with E-state index in [1.54, 1.807) is 63.3 Å². The van der Waals surface area contributed by atoms with Crippen LogP contribution in [0.15, 0.2) is 59.5 Å². The Hall–Kier alpha value is -3.60. The van der Waals surface area contributed by atoms with Crippen LogP contribution >= 0.6 is 0 Å². The zero-order chi connectivity index (χ0) is 29.3. The van der Waals surface area contributed by atoms with Gasteiger partial charge in [-0.2, -0.15) is 8.88 Å². The minimum atomic E-state index is -3.87. The first kappa shape index (κ1) is 31.3. The summed E-state index contributed by atoms with van der Waals surface area (Å²) in [5.41, 5.74) is 4.14. The van der Waals surface area contributed by atoms with E-state index in [2.05, 4.69) is 0 Å². The van der Waals surface area contributed by atoms with Gasteiger partial charge in [0.1, 0.15) is 0 Å². The van der Waals surface area contributed by atoms with Crippen LogP contribution in [0.4, 0.5) is 0 Å². The van der Waals surface area contributed by atoms with Crippen LogP contribution in [0.3, 0.4) is 0 Å². The normalized spacial score (nSPS) is 16.8. The molecule has 3 aromatic carbocycles. The molecular formula is C31H35ClN2O7S. The topological polar surface area (TPSA) is 94.4 Å². The van der Waals surface area contributed by atoms with Crippen molar-refractivity contribution in [3.63, 3.8) is 0 Å². The van der Waals surface area contributed by atoms with E-state index in [0.29, 0.717) is 54.5 Å². The third-order valence-electron chi connectivity index (χ3n) is 7.78. The molecule has 2 aliphatic rings. The Kier molecular flexibility index (Phi) is 9.50. The fraction of sp³-hybridized carbons (Fsp3) is 0.355. The first-order valence-electron chi connectivity index (χ1n) is 13.5. The largest absolute Gasteiger partial charge is 1.00 e. The van der Waals surface area contributed by atoms with Crippen LogP contribution in [0, 0.1) is 6.92 Å². The molecule has 0 spiro atoms. The predicted molar refractivity (Wildman–Crippen MR) is 154 cm³/mol. The van der Waals surface area contributed by atoms with Crippen LogP contribution in [0.1, 0.15) is 35.1 Å². The van der Waals surface area contributed by atoms with E-state index < -0.39 is 16.1 Å². The second kappa shape index (κ2) is 12.7. The summed E-state index contributed by atoms with van der Waals surface area (Å²) in [6.45, 7) is 2.57. The number of hydrogen-bond acceptors (Lipinski definition) is 7. The molecule has 1 saturated heterocycles. The fourth-order valence-corrected chi connectivity index (χ4v) is 7.30. The smallest absolute Gasteiger partial charge is 0.405 e. The van der Waals surface area contributed by atoms with E-state index in [-0.39, 0.29) is 29.8 Å². The number of sulfonamides is 1. The number of amides is 1. The number of ether oxygens (including phenoxy) is 4. The lowest BCUT2D eigenvalue weighted by molar-refractivity contribution is -0.452. The van der Waals surface area contributed by atoms with Gasteiger partial charge in [-0.3, -0.25) is 0 Å². The van der Waals surface area contributed by atoms with Gasteiger partial charge in [-0.1, -0.05) is 17.7 Å². The van der Waals surface area contributed by atoms with E-state index in [1.807, 2.05) is 31.2 Å². The molecule has 0 N–H and O–H groups in total. The monoisotopic (exact) mass is 614 g/mol. The molecule has 0 saturated carbocycles. The molecule has 1 amide bonds. The highest BCUT2D eigenvalue weighted by Crippen LogP contribution is 2.36. The molecule has 0 unspecified atom stereocenters. The molecule has 0 radical (unpaired) electrons. The number of halogens is 1. The molecule has 2 heterocycles. The third kappa shape index (κ3) is 5.58. The molecule has 3 aromatic rings. The number of rotatable bonds is 8.